The van der Waals surface area contributed by atoms with Crippen molar-refractivity contribution >= 4 is 68.3 Å². The summed E-state index contributed by atoms with van der Waals surface area (Å²) in [5.41, 5.74) is 3.68. The van der Waals surface area contributed by atoms with Gasteiger partial charge in [-0.2, -0.15) is 0 Å². The van der Waals surface area contributed by atoms with Crippen LogP contribution in [0.2, 0.25) is 0 Å². The van der Waals surface area contributed by atoms with Gasteiger partial charge in [0, 0.05) is 84.2 Å². The molecule has 0 bridgehead atoms. The van der Waals surface area contributed by atoms with Crippen LogP contribution in [-0.4, -0.2) is 159 Å². The molecule has 14 atom stereocenters. The van der Waals surface area contributed by atoms with Crippen molar-refractivity contribution in [3.63, 3.8) is 0 Å². The van der Waals surface area contributed by atoms with Crippen molar-refractivity contribution in [1.29, 1.82) is 0 Å². The monoisotopic (exact) mass is 930 g/mol. The highest BCUT2D eigenvalue weighted by atomic mass is 35.5. The number of nitrogens with zero attached hydrogens (tertiary/aromatic N) is 2. The van der Waals surface area contributed by atoms with Gasteiger partial charge in [-0.15, -0.1) is 23.2 Å². The summed E-state index contributed by atoms with van der Waals surface area (Å²) in [6.45, 7) is 3.95. The molecule has 16 nitrogen and oxygen atoms in total. The predicted octanol–water partition coefficient (Wildman–Crippen LogP) is 2.62. The van der Waals surface area contributed by atoms with E-state index in [9.17, 15) is 50.4 Å². The van der Waals surface area contributed by atoms with Gasteiger partial charge in [-0.25, -0.2) is 0 Å². The van der Waals surface area contributed by atoms with Crippen molar-refractivity contribution in [3.05, 3.63) is 71.8 Å². The third-order valence-electron chi connectivity index (χ3n) is 12.7. The number of unbranched alkanes of at least 4 members (excludes halogenated alkanes) is 1. The Morgan fingerprint density at radius 3 is 1.59 bits per heavy atom. The van der Waals surface area contributed by atoms with Gasteiger partial charge >= 0.3 is 0 Å². The highest BCUT2D eigenvalue weighted by Gasteiger charge is 2.47. The van der Waals surface area contributed by atoms with Crippen molar-refractivity contribution < 1.29 is 69.4 Å². The molecule has 14 unspecified atom stereocenters. The SMILES string of the molecule is CC(Cl)C1CN(C(=O)CCCC=O)c2cc(OC3OC(CO)C(O)C(O)C3O)c3ccccc3c21.CC(Cl)C1CN(C)c2cc(OC3OC(CO)C(O)C(O)C3O)c3ccccc3c21. The van der Waals surface area contributed by atoms with Crippen LogP contribution in [0, 0.1) is 0 Å². The Bertz CT molecular complexity index is 2280. The molecule has 4 aromatic rings. The van der Waals surface area contributed by atoms with Crippen molar-refractivity contribution in [2.24, 2.45) is 0 Å². The maximum absolute atomic E-state index is 13.1. The number of amides is 1. The van der Waals surface area contributed by atoms with Crippen LogP contribution in [0.5, 0.6) is 11.5 Å². The van der Waals surface area contributed by atoms with E-state index in [1.807, 2.05) is 75.5 Å². The van der Waals surface area contributed by atoms with E-state index in [0.717, 1.165) is 45.8 Å². The third kappa shape index (κ3) is 9.26. The van der Waals surface area contributed by atoms with Gasteiger partial charge in [-0.3, -0.25) is 4.79 Å². The zero-order valence-electron chi connectivity index (χ0n) is 35.6. The molecule has 8 rings (SSSR count). The summed E-state index contributed by atoms with van der Waals surface area (Å²) < 4.78 is 23.1. The van der Waals surface area contributed by atoms with E-state index in [1.165, 1.54) is 0 Å². The first-order valence-electron chi connectivity index (χ1n) is 21.4. The summed E-state index contributed by atoms with van der Waals surface area (Å²) in [4.78, 5) is 27.5. The Morgan fingerprint density at radius 1 is 0.703 bits per heavy atom. The van der Waals surface area contributed by atoms with Gasteiger partial charge in [0.25, 0.3) is 0 Å². The number of fused-ring (bicyclic) bond motifs is 6. The smallest absolute Gasteiger partial charge is 0.229 e. The molecule has 0 radical (unpaired) electrons. The lowest BCUT2D eigenvalue weighted by molar-refractivity contribution is -0.277. The van der Waals surface area contributed by atoms with Crippen LogP contribution in [0.3, 0.4) is 0 Å². The fourth-order valence-corrected chi connectivity index (χ4v) is 9.53. The Labute approximate surface area is 380 Å². The van der Waals surface area contributed by atoms with Crippen molar-refractivity contribution in [2.45, 2.75) is 117 Å². The topological polar surface area (TPSA) is 239 Å². The first-order valence-corrected chi connectivity index (χ1v) is 22.3. The number of benzene rings is 4. The Kier molecular flexibility index (Phi) is 15.3. The van der Waals surface area contributed by atoms with E-state index in [1.54, 1.807) is 11.0 Å². The second kappa shape index (κ2) is 20.3. The Morgan fingerprint density at radius 2 is 1.14 bits per heavy atom. The normalized spacial score (nSPS) is 30.9. The largest absolute Gasteiger partial charge is 0.461 e. The molecule has 4 aliphatic heterocycles. The van der Waals surface area contributed by atoms with Gasteiger partial charge in [0.2, 0.25) is 18.5 Å². The molecule has 4 heterocycles. The Hall–Kier alpha value is -3.88. The summed E-state index contributed by atoms with van der Waals surface area (Å²) in [5, 5.41) is 83.1. The molecule has 0 saturated carbocycles. The zero-order valence-corrected chi connectivity index (χ0v) is 37.1. The lowest BCUT2D eigenvalue weighted by Gasteiger charge is -2.39. The molecular weight excluding hydrogens is 875 g/mol. The average Bonchev–Trinajstić information content (AvgIpc) is 3.85. The number of carbonyl (C=O) groups excluding carboxylic acids is 2. The number of likely N-dealkylation sites (N-methyl/N-ethyl adjacent to an activating group) is 1. The van der Waals surface area contributed by atoms with E-state index in [2.05, 4.69) is 4.90 Å². The lowest BCUT2D eigenvalue weighted by atomic mass is 9.92. The molecule has 348 valence electrons. The number of anilines is 2. The summed E-state index contributed by atoms with van der Waals surface area (Å²) >= 11 is 13.0. The lowest BCUT2D eigenvalue weighted by Crippen LogP contribution is -2.60. The number of hydrogen-bond acceptors (Lipinski definition) is 15. The molecule has 64 heavy (non-hydrogen) atoms. The maximum atomic E-state index is 13.1. The molecule has 2 fully saturated rings. The Balaban J connectivity index is 0.000000195. The van der Waals surface area contributed by atoms with E-state index >= 15 is 0 Å². The van der Waals surface area contributed by atoms with Crippen LogP contribution in [0.4, 0.5) is 11.4 Å². The number of carbonyl (C=O) groups is 2. The second-order valence-corrected chi connectivity index (χ2v) is 18.2. The van der Waals surface area contributed by atoms with E-state index in [-0.39, 0.29) is 34.9 Å². The second-order valence-electron chi connectivity index (χ2n) is 16.8. The molecule has 0 spiro atoms. The fraction of sp³-hybridized carbons (Fsp3) is 0.522. The van der Waals surface area contributed by atoms with Gasteiger partial charge in [0.05, 0.1) is 18.9 Å². The van der Waals surface area contributed by atoms with Crippen molar-refractivity contribution in [3.8, 4) is 11.5 Å². The average molecular weight is 932 g/mol. The van der Waals surface area contributed by atoms with Crippen LogP contribution in [0.1, 0.15) is 56.1 Å². The van der Waals surface area contributed by atoms with E-state index < -0.39 is 74.6 Å². The molecule has 4 aliphatic rings. The minimum Gasteiger partial charge on any atom is -0.461 e. The van der Waals surface area contributed by atoms with Crippen molar-refractivity contribution in [2.75, 3.05) is 43.2 Å². The zero-order chi connectivity index (χ0) is 46.1. The van der Waals surface area contributed by atoms with Gasteiger partial charge in [-0.05, 0) is 42.2 Å². The minimum absolute atomic E-state index is 0.0423. The fourth-order valence-electron chi connectivity index (χ4n) is 9.12. The van der Waals surface area contributed by atoms with Gasteiger partial charge < -0.3 is 74.4 Å². The van der Waals surface area contributed by atoms with Crippen LogP contribution in [0.15, 0.2) is 60.7 Å². The predicted molar refractivity (Wildman–Crippen MR) is 238 cm³/mol. The molecule has 18 heteroatoms. The summed E-state index contributed by atoms with van der Waals surface area (Å²) in [6, 6.07) is 18.8. The highest BCUT2D eigenvalue weighted by Crippen LogP contribution is 2.49. The highest BCUT2D eigenvalue weighted by molar-refractivity contribution is 6.22. The molecular formula is C46H56Cl2N2O14. The molecule has 1 amide bonds. The van der Waals surface area contributed by atoms with Crippen LogP contribution >= 0.6 is 23.2 Å². The number of hydrogen-bond donors (Lipinski definition) is 8. The number of alkyl halides is 2. The van der Waals surface area contributed by atoms with Gasteiger partial charge in [0.15, 0.2) is 0 Å². The number of rotatable bonds is 12. The molecule has 2 saturated heterocycles. The summed E-state index contributed by atoms with van der Waals surface area (Å²) in [6.07, 6.45) is -12.0. The van der Waals surface area contributed by atoms with Crippen LogP contribution in [0.25, 0.3) is 21.5 Å². The van der Waals surface area contributed by atoms with Gasteiger partial charge in [0.1, 0.15) is 66.6 Å². The maximum Gasteiger partial charge on any atom is 0.229 e. The number of halogens is 2. The number of aliphatic hydroxyl groups is 8. The number of aldehydes is 1. The molecule has 0 aromatic heterocycles. The minimum atomic E-state index is -1.58. The first kappa shape index (κ1) is 48.1. The molecule has 0 aliphatic carbocycles. The molecule has 8 N–H and O–H groups in total. The quantitative estimate of drug-likeness (QED) is 0.0579. The number of aliphatic hydroxyl groups excluding tert-OH is 8. The van der Waals surface area contributed by atoms with Crippen LogP contribution < -0.4 is 19.3 Å². The summed E-state index contributed by atoms with van der Waals surface area (Å²) in [5.74, 6) is 0.688. The molecule has 4 aromatic carbocycles. The summed E-state index contributed by atoms with van der Waals surface area (Å²) in [7, 11) is 1.99. The van der Waals surface area contributed by atoms with E-state index in [0.29, 0.717) is 42.0 Å². The third-order valence-corrected chi connectivity index (χ3v) is 13.3. The standard InChI is InChI=1S/C25H30ClNO8.C21H26ClNO6/c1-13(26)16-11-27(20(30)8-4-5-9-28)17-10-18(14-6-2-3-7-15(14)21(16)17)34-25-24(33)23(32)22(31)19(12-29)35-25;1-10(22)13-8-23(2)14-7-15(11-5-3-4-6-12(11)17(13)14)28-21-20(27)19(26)18(25)16(9-24)29-21/h2-3,6-7,9-10,13,16,19,22-25,29,31-33H,4-5,8,11-12H2,1H3;3-7,10,13,16,18-21,24-27H,8-9H2,1-2H3. The van der Waals surface area contributed by atoms with Crippen LogP contribution in [-0.2, 0) is 19.1 Å². The van der Waals surface area contributed by atoms with Crippen molar-refractivity contribution in [1.82, 2.24) is 0 Å². The van der Waals surface area contributed by atoms with Gasteiger partial charge in [-0.1, -0.05) is 48.5 Å². The first-order chi connectivity index (χ1) is 30.6. The van der Waals surface area contributed by atoms with E-state index in [4.69, 9.17) is 42.1 Å². The number of ether oxygens (including phenoxy) is 4.